The summed E-state index contributed by atoms with van der Waals surface area (Å²) in [6.45, 7) is 1.69. The fourth-order valence-electron chi connectivity index (χ4n) is 3.67. The molecule has 0 radical (unpaired) electrons. The topological polar surface area (TPSA) is 85.8 Å². The van der Waals surface area contributed by atoms with Crippen LogP contribution >= 0.6 is 0 Å². The molecule has 1 saturated heterocycles. The van der Waals surface area contributed by atoms with Crippen molar-refractivity contribution in [3.05, 3.63) is 53.9 Å². The summed E-state index contributed by atoms with van der Waals surface area (Å²) < 4.78 is 72.5. The molecule has 0 aliphatic carbocycles. The van der Waals surface area contributed by atoms with Crippen LogP contribution < -0.4 is 0 Å². The normalized spacial score (nSPS) is 20.7. The van der Waals surface area contributed by atoms with E-state index in [9.17, 15) is 26.4 Å². The lowest BCUT2D eigenvalue weighted by molar-refractivity contribution is -0.159. The summed E-state index contributed by atoms with van der Waals surface area (Å²) in [6, 6.07) is 9.03. The lowest BCUT2D eigenvalue weighted by Gasteiger charge is -2.32. The van der Waals surface area contributed by atoms with Crippen LogP contribution in [0.1, 0.15) is 31.2 Å². The molecule has 0 N–H and O–H groups in total. The number of halogens is 3. The van der Waals surface area contributed by atoms with Gasteiger partial charge in [-0.3, -0.25) is 14.0 Å². The zero-order chi connectivity index (χ0) is 23.7. The maximum atomic E-state index is 13.8. The number of hydrogen-bond acceptors (Lipinski definition) is 6. The first kappa shape index (κ1) is 24.1. The SMILES string of the molecule is CC1(C)O[C@H](c2ccc(-c3ccc(COS(C)(=O)=O)nc3)cc2)[C@H](CF)N1C(=O)C(F)F. The van der Waals surface area contributed by atoms with E-state index in [1.54, 1.807) is 42.6 Å². The third-order valence-electron chi connectivity index (χ3n) is 5.08. The number of carbonyl (C=O) groups is 1. The number of pyridine rings is 1. The van der Waals surface area contributed by atoms with Gasteiger partial charge in [0.1, 0.15) is 25.1 Å². The smallest absolute Gasteiger partial charge is 0.315 e. The number of hydrogen-bond donors (Lipinski definition) is 0. The molecule has 0 saturated carbocycles. The van der Waals surface area contributed by atoms with E-state index >= 15 is 0 Å². The summed E-state index contributed by atoms with van der Waals surface area (Å²) in [5.41, 5.74) is 1.10. The van der Waals surface area contributed by atoms with Crippen LogP contribution in [0.2, 0.25) is 0 Å². The van der Waals surface area contributed by atoms with E-state index in [0.29, 0.717) is 11.3 Å². The molecular weight excluding hydrogens is 449 g/mol. The monoisotopic (exact) mass is 472 g/mol. The number of ether oxygens (including phenoxy) is 1. The number of benzene rings is 1. The van der Waals surface area contributed by atoms with Gasteiger partial charge in [0.15, 0.2) is 0 Å². The Kier molecular flexibility index (Phi) is 6.91. The molecule has 1 aromatic heterocycles. The van der Waals surface area contributed by atoms with Crippen molar-refractivity contribution in [1.82, 2.24) is 9.88 Å². The molecule has 7 nitrogen and oxygen atoms in total. The summed E-state index contributed by atoms with van der Waals surface area (Å²) in [7, 11) is -3.57. The van der Waals surface area contributed by atoms with Crippen molar-refractivity contribution in [3.63, 3.8) is 0 Å². The van der Waals surface area contributed by atoms with Gasteiger partial charge >= 0.3 is 6.43 Å². The molecule has 2 aromatic rings. The van der Waals surface area contributed by atoms with Gasteiger partial charge in [0, 0.05) is 11.8 Å². The summed E-state index contributed by atoms with van der Waals surface area (Å²) in [5, 5.41) is 0. The van der Waals surface area contributed by atoms with Crippen LogP contribution in [0.4, 0.5) is 13.2 Å². The van der Waals surface area contributed by atoms with E-state index in [1.807, 2.05) is 0 Å². The minimum Gasteiger partial charge on any atom is -0.346 e. The van der Waals surface area contributed by atoms with Crippen molar-refractivity contribution in [2.75, 3.05) is 12.9 Å². The van der Waals surface area contributed by atoms with Crippen LogP contribution in [0.15, 0.2) is 42.6 Å². The van der Waals surface area contributed by atoms with Gasteiger partial charge in [0.25, 0.3) is 16.0 Å². The molecule has 1 aromatic carbocycles. The number of alkyl halides is 3. The van der Waals surface area contributed by atoms with Crippen LogP contribution in [-0.4, -0.2) is 55.3 Å². The molecule has 3 rings (SSSR count). The summed E-state index contributed by atoms with van der Waals surface area (Å²) in [6.07, 6.45) is -1.65. The average molecular weight is 472 g/mol. The Balaban J connectivity index is 1.78. The lowest BCUT2D eigenvalue weighted by Crippen LogP contribution is -2.51. The molecule has 32 heavy (non-hydrogen) atoms. The molecule has 0 unspecified atom stereocenters. The molecule has 1 aliphatic rings. The van der Waals surface area contributed by atoms with Crippen LogP contribution in [0.5, 0.6) is 0 Å². The zero-order valence-electron chi connectivity index (χ0n) is 17.7. The highest BCUT2D eigenvalue weighted by Crippen LogP contribution is 2.42. The highest BCUT2D eigenvalue weighted by Gasteiger charge is 2.52. The second kappa shape index (κ2) is 9.16. The van der Waals surface area contributed by atoms with Crippen molar-refractivity contribution in [3.8, 4) is 11.1 Å². The largest absolute Gasteiger partial charge is 0.346 e. The average Bonchev–Trinajstić information content (AvgIpc) is 3.01. The number of nitrogens with zero attached hydrogens (tertiary/aromatic N) is 2. The molecule has 0 bridgehead atoms. The lowest BCUT2D eigenvalue weighted by atomic mass is 9.99. The number of amides is 1. The van der Waals surface area contributed by atoms with Gasteiger partial charge < -0.3 is 9.64 Å². The first-order chi connectivity index (χ1) is 14.9. The van der Waals surface area contributed by atoms with Gasteiger partial charge in [0.2, 0.25) is 0 Å². The molecule has 2 heterocycles. The Hall–Kier alpha value is -2.50. The van der Waals surface area contributed by atoms with E-state index in [-0.39, 0.29) is 6.61 Å². The van der Waals surface area contributed by atoms with Crippen molar-refractivity contribution in [2.45, 2.75) is 44.8 Å². The van der Waals surface area contributed by atoms with Crippen molar-refractivity contribution < 1.29 is 35.3 Å². The molecule has 1 fully saturated rings. The maximum Gasteiger partial charge on any atom is 0.315 e. The molecule has 2 atom stereocenters. The van der Waals surface area contributed by atoms with E-state index < -0.39 is 47.0 Å². The summed E-state index contributed by atoms with van der Waals surface area (Å²) in [5.74, 6) is -1.47. The highest BCUT2D eigenvalue weighted by atomic mass is 32.2. The van der Waals surface area contributed by atoms with Gasteiger partial charge in [-0.05, 0) is 31.0 Å². The van der Waals surface area contributed by atoms with Gasteiger partial charge in [-0.25, -0.2) is 4.39 Å². The van der Waals surface area contributed by atoms with Gasteiger partial charge in [-0.15, -0.1) is 0 Å². The first-order valence-corrected chi connectivity index (χ1v) is 11.5. The Morgan fingerprint density at radius 3 is 2.31 bits per heavy atom. The number of aromatic nitrogens is 1. The van der Waals surface area contributed by atoms with Crippen molar-refractivity contribution >= 4 is 16.0 Å². The fourth-order valence-corrected chi connectivity index (χ4v) is 4.00. The van der Waals surface area contributed by atoms with Crippen molar-refractivity contribution in [1.29, 1.82) is 0 Å². The molecular formula is C21H23F3N2O5S. The van der Waals surface area contributed by atoms with E-state index in [1.165, 1.54) is 13.8 Å². The van der Waals surface area contributed by atoms with Crippen molar-refractivity contribution in [2.24, 2.45) is 0 Å². The summed E-state index contributed by atoms with van der Waals surface area (Å²) >= 11 is 0. The predicted molar refractivity (Wildman–Crippen MR) is 110 cm³/mol. The second-order valence-corrected chi connectivity index (χ2v) is 9.49. The zero-order valence-corrected chi connectivity index (χ0v) is 18.5. The molecule has 1 amide bonds. The Labute approximate surface area is 184 Å². The van der Waals surface area contributed by atoms with Gasteiger partial charge in [-0.2, -0.15) is 17.2 Å². The molecule has 1 aliphatic heterocycles. The first-order valence-electron chi connectivity index (χ1n) is 9.68. The minimum atomic E-state index is -3.57. The van der Waals surface area contributed by atoms with Crippen LogP contribution in [-0.2, 0) is 30.4 Å². The number of carbonyl (C=O) groups excluding carboxylic acids is 1. The molecule has 11 heteroatoms. The predicted octanol–water partition coefficient (Wildman–Crippen LogP) is 3.46. The third-order valence-corrected chi connectivity index (χ3v) is 5.62. The van der Waals surface area contributed by atoms with E-state index in [0.717, 1.165) is 22.3 Å². The minimum absolute atomic E-state index is 0.175. The van der Waals surface area contributed by atoms with E-state index in [2.05, 4.69) is 4.98 Å². The Bertz CT molecular complexity index is 1060. The van der Waals surface area contributed by atoms with Crippen LogP contribution in [0.25, 0.3) is 11.1 Å². The third kappa shape index (κ3) is 5.28. The van der Waals surface area contributed by atoms with Gasteiger partial charge in [0.05, 0.1) is 18.0 Å². The van der Waals surface area contributed by atoms with Crippen LogP contribution in [0.3, 0.4) is 0 Å². The molecule has 0 spiro atoms. The fraction of sp³-hybridized carbons (Fsp3) is 0.429. The van der Waals surface area contributed by atoms with E-state index in [4.69, 9.17) is 8.92 Å². The Morgan fingerprint density at radius 2 is 1.81 bits per heavy atom. The maximum absolute atomic E-state index is 13.8. The quantitative estimate of drug-likeness (QED) is 0.574. The standard InChI is InChI=1S/C21H23F3N2O5S/c1-21(2)26(20(27)19(23)24)17(10-22)18(31-21)14-6-4-13(5-7-14)15-8-9-16(25-11-15)12-30-32(3,28)29/h4-9,11,17-19H,10,12H2,1-3H3/t17-,18+/m0/s1. The molecule has 174 valence electrons. The van der Waals surface area contributed by atoms with Crippen LogP contribution in [0, 0.1) is 0 Å². The number of rotatable bonds is 7. The van der Waals surface area contributed by atoms with Gasteiger partial charge in [-0.1, -0.05) is 30.3 Å². The Morgan fingerprint density at radius 1 is 1.19 bits per heavy atom. The second-order valence-electron chi connectivity index (χ2n) is 7.84. The highest BCUT2D eigenvalue weighted by molar-refractivity contribution is 7.85. The summed E-state index contributed by atoms with van der Waals surface area (Å²) in [4.78, 5) is 16.9.